The second kappa shape index (κ2) is 5.99. The molecule has 0 spiro atoms. The van der Waals surface area contributed by atoms with Gasteiger partial charge in [0.2, 0.25) is 0 Å². The normalized spacial score (nSPS) is 34.1. The van der Waals surface area contributed by atoms with Crippen LogP contribution < -0.4 is 10.6 Å². The van der Waals surface area contributed by atoms with Crippen LogP contribution in [-0.2, 0) is 0 Å². The fraction of sp³-hybridized carbons (Fsp3) is 1.00. The van der Waals surface area contributed by atoms with E-state index in [1.807, 2.05) is 0 Å². The van der Waals surface area contributed by atoms with Crippen LogP contribution in [0.3, 0.4) is 0 Å². The topological polar surface area (TPSA) is 27.3 Å². The Hall–Kier alpha value is -0.120. The van der Waals surface area contributed by atoms with Crippen LogP contribution in [0.5, 0.6) is 0 Å². The summed E-state index contributed by atoms with van der Waals surface area (Å²) in [6, 6.07) is 1.51. The largest absolute Gasteiger partial charge is 0.317 e. The first-order valence-electron chi connectivity index (χ1n) is 6.90. The van der Waals surface area contributed by atoms with Crippen LogP contribution in [0.4, 0.5) is 0 Å². The minimum absolute atomic E-state index is 0.749. The highest BCUT2D eigenvalue weighted by Crippen LogP contribution is 2.17. The van der Waals surface area contributed by atoms with Crippen molar-refractivity contribution in [2.24, 2.45) is 5.92 Å². The molecule has 2 saturated heterocycles. The van der Waals surface area contributed by atoms with E-state index in [9.17, 15) is 0 Å². The minimum atomic E-state index is 0.749. The summed E-state index contributed by atoms with van der Waals surface area (Å²) in [7, 11) is 2.24. The highest BCUT2D eigenvalue weighted by Gasteiger charge is 2.23. The lowest BCUT2D eigenvalue weighted by Gasteiger charge is -2.36. The van der Waals surface area contributed by atoms with E-state index in [0.717, 1.165) is 18.0 Å². The van der Waals surface area contributed by atoms with Gasteiger partial charge in [-0.15, -0.1) is 0 Å². The summed E-state index contributed by atoms with van der Waals surface area (Å²) in [5.74, 6) is 0.913. The maximum absolute atomic E-state index is 3.79. The van der Waals surface area contributed by atoms with Crippen LogP contribution in [0.15, 0.2) is 0 Å². The number of hydrogen-bond acceptors (Lipinski definition) is 3. The van der Waals surface area contributed by atoms with Gasteiger partial charge in [-0.3, -0.25) is 0 Å². The fourth-order valence-electron chi connectivity index (χ4n) is 2.89. The molecule has 3 nitrogen and oxygen atoms in total. The molecule has 2 aliphatic heterocycles. The molecule has 2 N–H and O–H groups in total. The Morgan fingerprint density at radius 3 is 2.69 bits per heavy atom. The molecular weight excluding hydrogens is 198 g/mol. The molecule has 2 aliphatic rings. The molecule has 0 amide bonds. The summed E-state index contributed by atoms with van der Waals surface area (Å²) in [6.45, 7) is 7.28. The lowest BCUT2D eigenvalue weighted by molar-refractivity contribution is 0.164. The van der Waals surface area contributed by atoms with Crippen molar-refractivity contribution in [3.05, 3.63) is 0 Å². The van der Waals surface area contributed by atoms with Crippen molar-refractivity contribution in [2.45, 2.75) is 44.7 Å². The summed E-state index contributed by atoms with van der Waals surface area (Å²) in [5.41, 5.74) is 0. The summed E-state index contributed by atoms with van der Waals surface area (Å²) in [5, 5.41) is 7.22. The van der Waals surface area contributed by atoms with E-state index in [1.165, 1.54) is 51.9 Å². The quantitative estimate of drug-likeness (QED) is 0.752. The van der Waals surface area contributed by atoms with E-state index < -0.39 is 0 Å². The van der Waals surface area contributed by atoms with Gasteiger partial charge in [-0.1, -0.05) is 0 Å². The van der Waals surface area contributed by atoms with Gasteiger partial charge in [0.05, 0.1) is 0 Å². The Bertz CT molecular complexity index is 201. The molecule has 3 heteroatoms. The Kier molecular flexibility index (Phi) is 4.62. The highest BCUT2D eigenvalue weighted by atomic mass is 15.1. The average Bonchev–Trinajstić information content (AvgIpc) is 2.32. The molecule has 2 unspecified atom stereocenters. The predicted octanol–water partition coefficient (Wildman–Crippen LogP) is 1.06. The summed E-state index contributed by atoms with van der Waals surface area (Å²) in [6.07, 6.45) is 5.36. The van der Waals surface area contributed by atoms with Crippen molar-refractivity contribution < 1.29 is 0 Å². The number of piperidine rings is 2. The number of nitrogens with zero attached hydrogens (tertiary/aromatic N) is 1. The van der Waals surface area contributed by atoms with Crippen molar-refractivity contribution in [2.75, 3.05) is 33.2 Å². The van der Waals surface area contributed by atoms with Crippen LogP contribution >= 0.6 is 0 Å². The zero-order valence-corrected chi connectivity index (χ0v) is 10.8. The van der Waals surface area contributed by atoms with E-state index in [0.29, 0.717) is 0 Å². The Balaban J connectivity index is 1.65. The fourth-order valence-corrected chi connectivity index (χ4v) is 2.89. The Labute approximate surface area is 100.0 Å². The second-order valence-corrected chi connectivity index (χ2v) is 5.65. The first-order chi connectivity index (χ1) is 7.75. The van der Waals surface area contributed by atoms with Gasteiger partial charge in [-0.05, 0) is 71.8 Å². The van der Waals surface area contributed by atoms with Crippen molar-refractivity contribution in [1.82, 2.24) is 15.5 Å². The van der Waals surface area contributed by atoms with Crippen molar-refractivity contribution >= 4 is 0 Å². The first-order valence-corrected chi connectivity index (χ1v) is 6.90. The summed E-state index contributed by atoms with van der Waals surface area (Å²) >= 11 is 0. The average molecular weight is 225 g/mol. The smallest absolute Gasteiger partial charge is 0.00941 e. The van der Waals surface area contributed by atoms with Gasteiger partial charge in [-0.25, -0.2) is 0 Å². The Morgan fingerprint density at radius 2 is 2.00 bits per heavy atom. The van der Waals surface area contributed by atoms with Gasteiger partial charge in [-0.2, -0.15) is 0 Å². The molecule has 2 fully saturated rings. The minimum Gasteiger partial charge on any atom is -0.317 e. The van der Waals surface area contributed by atoms with Crippen LogP contribution in [0, 0.1) is 5.92 Å². The SMILES string of the molecule is CC1CC(NCC2CCNCC2)CCN1C. The number of hydrogen-bond donors (Lipinski definition) is 2. The van der Waals surface area contributed by atoms with Crippen molar-refractivity contribution in [3.63, 3.8) is 0 Å². The lowest BCUT2D eigenvalue weighted by Crippen LogP contribution is -2.47. The van der Waals surface area contributed by atoms with E-state index in [2.05, 4.69) is 29.5 Å². The lowest BCUT2D eigenvalue weighted by atomic mass is 9.95. The van der Waals surface area contributed by atoms with Crippen molar-refractivity contribution in [1.29, 1.82) is 0 Å². The number of nitrogens with one attached hydrogen (secondary N) is 2. The first kappa shape index (κ1) is 12.3. The number of rotatable bonds is 3. The maximum atomic E-state index is 3.79. The maximum Gasteiger partial charge on any atom is 0.00941 e. The monoisotopic (exact) mass is 225 g/mol. The van der Waals surface area contributed by atoms with E-state index >= 15 is 0 Å². The highest BCUT2D eigenvalue weighted by molar-refractivity contribution is 4.82. The molecule has 0 bridgehead atoms. The summed E-state index contributed by atoms with van der Waals surface area (Å²) in [4.78, 5) is 2.47. The van der Waals surface area contributed by atoms with Crippen LogP contribution in [-0.4, -0.2) is 50.2 Å². The van der Waals surface area contributed by atoms with E-state index in [4.69, 9.17) is 0 Å². The molecule has 0 aromatic carbocycles. The summed E-state index contributed by atoms with van der Waals surface area (Å²) < 4.78 is 0. The molecule has 94 valence electrons. The third-order valence-corrected chi connectivity index (χ3v) is 4.36. The standard InChI is InChI=1S/C13H27N3/c1-11-9-13(5-8-16(11)2)15-10-12-3-6-14-7-4-12/h11-15H,3-10H2,1-2H3. The van der Waals surface area contributed by atoms with Gasteiger partial charge in [0, 0.05) is 12.1 Å². The Morgan fingerprint density at radius 1 is 1.25 bits per heavy atom. The molecule has 0 saturated carbocycles. The molecule has 0 aromatic rings. The van der Waals surface area contributed by atoms with Crippen LogP contribution in [0.1, 0.15) is 32.6 Å². The molecule has 0 aliphatic carbocycles. The van der Waals surface area contributed by atoms with E-state index in [1.54, 1.807) is 0 Å². The van der Waals surface area contributed by atoms with Gasteiger partial charge in [0.1, 0.15) is 0 Å². The molecule has 2 rings (SSSR count). The van der Waals surface area contributed by atoms with Crippen molar-refractivity contribution in [3.8, 4) is 0 Å². The van der Waals surface area contributed by atoms with Gasteiger partial charge in [0.25, 0.3) is 0 Å². The van der Waals surface area contributed by atoms with Crippen LogP contribution in [0.25, 0.3) is 0 Å². The van der Waals surface area contributed by atoms with Gasteiger partial charge < -0.3 is 15.5 Å². The molecule has 2 heterocycles. The third kappa shape index (κ3) is 3.44. The molecule has 2 atom stereocenters. The third-order valence-electron chi connectivity index (χ3n) is 4.36. The molecular formula is C13H27N3. The molecule has 16 heavy (non-hydrogen) atoms. The predicted molar refractivity (Wildman–Crippen MR) is 68.7 cm³/mol. The zero-order valence-electron chi connectivity index (χ0n) is 10.8. The van der Waals surface area contributed by atoms with Gasteiger partial charge in [0.15, 0.2) is 0 Å². The number of likely N-dealkylation sites (tertiary alicyclic amines) is 1. The molecule has 0 radical (unpaired) electrons. The van der Waals surface area contributed by atoms with E-state index in [-0.39, 0.29) is 0 Å². The zero-order chi connectivity index (χ0) is 11.4. The molecule has 0 aromatic heterocycles. The second-order valence-electron chi connectivity index (χ2n) is 5.65. The van der Waals surface area contributed by atoms with Crippen LogP contribution in [0.2, 0.25) is 0 Å². The van der Waals surface area contributed by atoms with Gasteiger partial charge >= 0.3 is 0 Å².